The van der Waals surface area contributed by atoms with E-state index in [2.05, 4.69) is 17.9 Å². The van der Waals surface area contributed by atoms with Crippen molar-refractivity contribution >= 4 is 48.1 Å². The van der Waals surface area contributed by atoms with E-state index in [-0.39, 0.29) is 38.2 Å². The van der Waals surface area contributed by atoms with Crippen molar-refractivity contribution in [2.75, 3.05) is 40.7 Å². The number of nitrogens with zero attached hydrogens (tertiary/aromatic N) is 2. The van der Waals surface area contributed by atoms with Crippen molar-refractivity contribution in [1.29, 1.82) is 0 Å². The second-order valence-electron chi connectivity index (χ2n) is 13.7. The number of cyclic esters (lactones) is 1. The van der Waals surface area contributed by atoms with E-state index in [9.17, 15) is 24.3 Å². The highest BCUT2D eigenvalue weighted by Crippen LogP contribution is 2.46. The number of likely N-dealkylation sites (N-methyl/N-ethyl adjacent to an activating group) is 2. The summed E-state index contributed by atoms with van der Waals surface area (Å²) in [5.74, 6) is -0.910. The summed E-state index contributed by atoms with van der Waals surface area (Å²) >= 11 is 10.9. The molecule has 1 saturated heterocycles. The number of halogens is 1. The molecule has 3 rings (SSSR count). The second kappa shape index (κ2) is 18.6. The number of hydrogen-bond acceptors (Lipinski definition) is 11. The van der Waals surface area contributed by atoms with Crippen LogP contribution in [0.2, 0.25) is 0 Å². The summed E-state index contributed by atoms with van der Waals surface area (Å²) in [6, 6.07) is -0.960. The van der Waals surface area contributed by atoms with Gasteiger partial charge in [0.2, 0.25) is 11.8 Å². The number of methoxy groups -OCH3 is 2. The van der Waals surface area contributed by atoms with Gasteiger partial charge in [-0.15, -0.1) is 0 Å². The maximum atomic E-state index is 14.1. The first-order valence-electron chi connectivity index (χ1n) is 17.3. The summed E-state index contributed by atoms with van der Waals surface area (Å²) < 4.78 is 28.8. The number of rotatable bonds is 8. The molecular weight excluding hydrogens is 714 g/mol. The number of ether oxygens (including phenoxy) is 5. The summed E-state index contributed by atoms with van der Waals surface area (Å²) in [6.07, 6.45) is 6.14. The Bertz CT molecular complexity index is 1510. The third-order valence-corrected chi connectivity index (χ3v) is 10.3. The van der Waals surface area contributed by atoms with Gasteiger partial charge in [0.15, 0.2) is 5.72 Å². The van der Waals surface area contributed by atoms with Gasteiger partial charge < -0.3 is 38.6 Å². The second-order valence-corrected chi connectivity index (χ2v) is 14.6. The predicted molar refractivity (Wildman–Crippen MR) is 199 cm³/mol. The average molecular weight is 768 g/mol. The van der Waals surface area contributed by atoms with Gasteiger partial charge in [0.25, 0.3) is 0 Å². The molecular formula is C37H54ClN3O10S. The Balaban J connectivity index is 2.06. The molecule has 0 spiro atoms. The third kappa shape index (κ3) is 10.6. The van der Waals surface area contributed by atoms with Crippen LogP contribution < -0.4 is 5.32 Å². The average Bonchev–Trinajstić information content (AvgIpc) is 3.84. The van der Waals surface area contributed by atoms with Crippen molar-refractivity contribution < 1.29 is 48.0 Å². The van der Waals surface area contributed by atoms with Crippen molar-refractivity contribution in [3.63, 3.8) is 0 Å². The Labute approximate surface area is 317 Å². The Morgan fingerprint density at radius 3 is 2.56 bits per heavy atom. The van der Waals surface area contributed by atoms with Gasteiger partial charge in [0.05, 0.1) is 31.9 Å². The number of amides is 3. The molecule has 0 radical (unpaired) electrons. The minimum absolute atomic E-state index is 0.113. The lowest BCUT2D eigenvalue weighted by Crippen LogP contribution is -2.56. The summed E-state index contributed by atoms with van der Waals surface area (Å²) in [7, 11) is 6.08. The van der Waals surface area contributed by atoms with E-state index in [0.29, 0.717) is 28.7 Å². The standard InChI is InChI=1S/C37H54ClN3O10S/c1-10-37(46)29(48-9)13-11-12-22(2)16-25-17-26(47-8)19-27(38)28(18-25)41(7)32(43)20-30(50-34(44)24(4)40(6)31(42)14-15-52)36(5)33(51-36)23(3)21-49-35(45)39-37/h11-13,17-18,23-24,29-30,33,46,52H,10,14-16,19-21H2,1-9H3,(H,39,45)/b13-11+,22-12+. The molecule has 1 fully saturated rings. The highest BCUT2D eigenvalue weighted by molar-refractivity contribution is 7.80. The maximum Gasteiger partial charge on any atom is 0.409 e. The molecule has 2 bridgehead atoms. The van der Waals surface area contributed by atoms with Crippen LogP contribution in [0.5, 0.6) is 0 Å². The topological polar surface area (TPSA) is 156 Å². The van der Waals surface area contributed by atoms with Gasteiger partial charge in [-0.1, -0.05) is 49.2 Å². The lowest BCUT2D eigenvalue weighted by atomic mass is 9.91. The lowest BCUT2D eigenvalue weighted by molar-refractivity contribution is -0.162. The highest BCUT2D eigenvalue weighted by Gasteiger charge is 2.62. The van der Waals surface area contributed by atoms with Gasteiger partial charge in [-0.2, -0.15) is 12.6 Å². The third-order valence-electron chi connectivity index (χ3n) is 9.79. The van der Waals surface area contributed by atoms with E-state index >= 15 is 0 Å². The van der Waals surface area contributed by atoms with Gasteiger partial charge in [-0.25, -0.2) is 9.59 Å². The van der Waals surface area contributed by atoms with E-state index < -0.39 is 59.6 Å². The van der Waals surface area contributed by atoms with Crippen molar-refractivity contribution in [3.05, 3.63) is 58.0 Å². The lowest BCUT2D eigenvalue weighted by Gasteiger charge is -2.33. The molecule has 0 saturated carbocycles. The van der Waals surface area contributed by atoms with Gasteiger partial charge in [0.1, 0.15) is 29.6 Å². The molecule has 2 N–H and O–H groups in total. The summed E-state index contributed by atoms with van der Waals surface area (Å²) in [6.45, 7) is 8.58. The van der Waals surface area contributed by atoms with Crippen molar-refractivity contribution in [2.24, 2.45) is 5.92 Å². The fourth-order valence-electron chi connectivity index (χ4n) is 6.17. The van der Waals surface area contributed by atoms with E-state index in [1.807, 2.05) is 25.2 Å². The monoisotopic (exact) mass is 767 g/mol. The van der Waals surface area contributed by atoms with Crippen LogP contribution >= 0.6 is 24.2 Å². The Morgan fingerprint density at radius 2 is 1.94 bits per heavy atom. The number of nitrogens with one attached hydrogen (secondary N) is 1. The molecule has 0 aromatic heterocycles. The van der Waals surface area contributed by atoms with Crippen molar-refractivity contribution in [1.82, 2.24) is 15.1 Å². The minimum atomic E-state index is -1.78. The largest absolute Gasteiger partial charge is 0.501 e. The van der Waals surface area contributed by atoms with Crippen LogP contribution in [0.3, 0.4) is 0 Å². The summed E-state index contributed by atoms with van der Waals surface area (Å²) in [5, 5.41) is 14.3. The van der Waals surface area contributed by atoms with Crippen LogP contribution in [0.1, 0.15) is 66.7 Å². The molecule has 290 valence electrons. The van der Waals surface area contributed by atoms with Crippen LogP contribution in [0.25, 0.3) is 0 Å². The minimum Gasteiger partial charge on any atom is -0.501 e. The van der Waals surface area contributed by atoms with E-state index in [4.69, 9.17) is 35.3 Å². The van der Waals surface area contributed by atoms with Crippen LogP contribution in [-0.4, -0.2) is 115 Å². The zero-order chi connectivity index (χ0) is 39.0. The first-order valence-corrected chi connectivity index (χ1v) is 18.3. The maximum absolute atomic E-state index is 14.1. The van der Waals surface area contributed by atoms with E-state index in [1.165, 1.54) is 24.0 Å². The molecule has 2 heterocycles. The molecule has 7 atom stereocenters. The number of carbonyl (C=O) groups is 4. The van der Waals surface area contributed by atoms with Crippen molar-refractivity contribution in [2.45, 2.75) is 102 Å². The fraction of sp³-hybridized carbons (Fsp3) is 0.622. The van der Waals surface area contributed by atoms with Gasteiger partial charge in [-0.05, 0) is 57.1 Å². The van der Waals surface area contributed by atoms with Gasteiger partial charge >= 0.3 is 12.1 Å². The van der Waals surface area contributed by atoms with Crippen LogP contribution in [0.4, 0.5) is 4.79 Å². The number of hydrogen-bond donors (Lipinski definition) is 3. The summed E-state index contributed by atoms with van der Waals surface area (Å²) in [5.41, 5.74) is -0.748. The molecule has 2 aliphatic heterocycles. The molecule has 52 heavy (non-hydrogen) atoms. The number of epoxide rings is 1. The highest BCUT2D eigenvalue weighted by atomic mass is 35.5. The Kier molecular flexibility index (Phi) is 15.5. The van der Waals surface area contributed by atoms with Gasteiger partial charge in [0, 0.05) is 45.0 Å². The molecule has 3 aliphatic rings. The molecule has 13 nitrogen and oxygen atoms in total. The first kappa shape index (κ1) is 43.1. The summed E-state index contributed by atoms with van der Waals surface area (Å²) in [4.78, 5) is 55.8. The molecule has 7 unspecified atom stereocenters. The molecule has 1 aliphatic carbocycles. The first-order chi connectivity index (χ1) is 24.4. The van der Waals surface area contributed by atoms with Crippen LogP contribution in [0.15, 0.2) is 58.0 Å². The Hall–Kier alpha value is -3.30. The number of esters is 1. The van der Waals surface area contributed by atoms with Gasteiger partial charge in [-0.3, -0.25) is 14.9 Å². The normalized spacial score (nSPS) is 31.5. The number of carbonyl (C=O) groups excluding carboxylic acids is 4. The quantitative estimate of drug-likeness (QED) is 0.179. The molecule has 3 amide bonds. The number of thiol groups is 1. The Morgan fingerprint density at radius 1 is 1.25 bits per heavy atom. The van der Waals surface area contributed by atoms with Crippen LogP contribution in [-0.2, 0) is 38.1 Å². The number of allylic oxidation sites excluding steroid dienone is 7. The molecule has 15 heteroatoms. The number of fused-ring (bicyclic) bond motifs is 2. The molecule has 0 aromatic rings. The number of alkyl carbamates (subject to hydrolysis) is 1. The van der Waals surface area contributed by atoms with Crippen LogP contribution in [0, 0.1) is 5.92 Å². The smallest absolute Gasteiger partial charge is 0.409 e. The number of aliphatic hydroxyl groups is 1. The SMILES string of the molecule is CCC1(O)NC(=O)OCC(C)C2OC2(C)C(OC(=O)C(C)N(C)C(=O)CCS)CC(=O)N(C)C2=C(Cl)CC(OC)=CC(=C2)C/C(C)=C/C=C/C1OC. The van der Waals surface area contributed by atoms with E-state index in [1.54, 1.807) is 54.0 Å². The fourth-order valence-corrected chi connectivity index (χ4v) is 6.67. The zero-order valence-corrected chi connectivity index (χ0v) is 33.2. The zero-order valence-electron chi connectivity index (χ0n) is 31.6. The van der Waals surface area contributed by atoms with Crippen molar-refractivity contribution in [3.8, 4) is 0 Å². The predicted octanol–water partition coefficient (Wildman–Crippen LogP) is 4.76. The molecule has 0 aromatic carbocycles. The van der Waals surface area contributed by atoms with E-state index in [0.717, 1.165) is 11.1 Å².